The first-order valence-electron chi connectivity index (χ1n) is 5.16. The fraction of sp³-hybridized carbons (Fsp3) is 0.0909. The van der Waals surface area contributed by atoms with Gasteiger partial charge in [-0.1, -0.05) is 11.6 Å². The van der Waals surface area contributed by atoms with Gasteiger partial charge in [-0.2, -0.15) is 5.23 Å². The average molecular weight is 267 g/mol. The second kappa shape index (κ2) is 5.28. The monoisotopic (exact) mass is 266 g/mol. The summed E-state index contributed by atoms with van der Waals surface area (Å²) < 4.78 is 0. The number of anilines is 2. The minimum Gasteiger partial charge on any atom is -0.595 e. The van der Waals surface area contributed by atoms with E-state index in [1.54, 1.807) is 25.1 Å². The third-order valence-corrected chi connectivity index (χ3v) is 2.48. The Morgan fingerprint density at radius 1 is 1.33 bits per heavy atom. The Morgan fingerprint density at radius 3 is 2.72 bits per heavy atom. The van der Waals surface area contributed by atoms with Gasteiger partial charge in [-0.3, -0.25) is 0 Å². The van der Waals surface area contributed by atoms with Gasteiger partial charge >= 0.3 is 0 Å². The lowest BCUT2D eigenvalue weighted by molar-refractivity contribution is -0.991. The molecule has 7 heteroatoms. The summed E-state index contributed by atoms with van der Waals surface area (Å²) >= 11 is 5.67. The van der Waals surface area contributed by atoms with Gasteiger partial charge in [-0.25, -0.2) is 15.2 Å². The van der Waals surface area contributed by atoms with Gasteiger partial charge in [0.25, 0.3) is 0 Å². The number of hydrogen-bond acceptors (Lipinski definition) is 5. The molecular formula is C11H11ClN4O2. The molecular weight excluding hydrogens is 256 g/mol. The molecule has 6 nitrogen and oxygen atoms in total. The number of quaternary nitrogens is 1. The average Bonchev–Trinajstić information content (AvgIpc) is 2.32. The van der Waals surface area contributed by atoms with Gasteiger partial charge in [-0.05, 0) is 25.1 Å². The fourth-order valence-electron chi connectivity index (χ4n) is 1.41. The zero-order chi connectivity index (χ0) is 13.1. The van der Waals surface area contributed by atoms with Crippen molar-refractivity contribution in [2.45, 2.75) is 6.92 Å². The second-order valence-electron chi connectivity index (χ2n) is 3.65. The molecule has 0 aliphatic rings. The highest BCUT2D eigenvalue weighted by Gasteiger charge is 2.11. The van der Waals surface area contributed by atoms with Crippen molar-refractivity contribution in [1.82, 2.24) is 9.97 Å². The van der Waals surface area contributed by atoms with Crippen molar-refractivity contribution in [1.29, 1.82) is 0 Å². The molecule has 94 valence electrons. The lowest BCUT2D eigenvalue weighted by atomic mass is 10.3. The predicted octanol–water partition coefficient (Wildman–Crippen LogP) is 1.59. The third kappa shape index (κ3) is 2.93. The minimum atomic E-state index is -1.04. The van der Waals surface area contributed by atoms with E-state index in [0.717, 1.165) is 5.69 Å². The summed E-state index contributed by atoms with van der Waals surface area (Å²) in [5.74, 6) is 0.284. The van der Waals surface area contributed by atoms with E-state index in [1.807, 2.05) is 0 Å². The summed E-state index contributed by atoms with van der Waals surface area (Å²) in [6.07, 6.45) is 1.51. The standard InChI is InChI=1S/C11H11ClN4O2/c1-7-2-4-9(16(17)18)11(14-7)15-8-3-5-10(12)13-6-8/h2-6,16-17H,1H3,(H,14,15). The van der Waals surface area contributed by atoms with Crippen molar-refractivity contribution in [2.24, 2.45) is 0 Å². The van der Waals surface area contributed by atoms with E-state index in [4.69, 9.17) is 16.8 Å². The Hall–Kier alpha value is -1.73. The number of nitrogens with zero attached hydrogens (tertiary/aromatic N) is 2. The number of nitrogens with one attached hydrogen (secondary N) is 2. The van der Waals surface area contributed by atoms with Crippen LogP contribution >= 0.6 is 11.6 Å². The molecule has 0 bridgehead atoms. The number of pyridine rings is 2. The lowest BCUT2D eigenvalue weighted by Gasteiger charge is -2.16. The van der Waals surface area contributed by atoms with Crippen LogP contribution in [-0.2, 0) is 0 Å². The highest BCUT2D eigenvalue weighted by atomic mass is 35.5. The van der Waals surface area contributed by atoms with Crippen LogP contribution in [0, 0.1) is 12.1 Å². The van der Waals surface area contributed by atoms with Crippen molar-refractivity contribution >= 4 is 28.8 Å². The molecule has 18 heavy (non-hydrogen) atoms. The maximum atomic E-state index is 11.1. The Morgan fingerprint density at radius 2 is 2.11 bits per heavy atom. The molecule has 0 amide bonds. The second-order valence-corrected chi connectivity index (χ2v) is 4.04. The molecule has 0 aliphatic heterocycles. The van der Waals surface area contributed by atoms with Crippen molar-refractivity contribution in [3.63, 3.8) is 0 Å². The summed E-state index contributed by atoms with van der Waals surface area (Å²) in [7, 11) is 0. The molecule has 0 fully saturated rings. The predicted molar refractivity (Wildman–Crippen MR) is 67.3 cm³/mol. The van der Waals surface area contributed by atoms with E-state index in [2.05, 4.69) is 15.3 Å². The number of hydrogen-bond donors (Lipinski definition) is 3. The van der Waals surface area contributed by atoms with Crippen LogP contribution in [0.15, 0.2) is 30.5 Å². The lowest BCUT2D eigenvalue weighted by Crippen LogP contribution is -2.99. The van der Waals surface area contributed by atoms with Crippen LogP contribution in [0.4, 0.5) is 17.2 Å². The first-order valence-corrected chi connectivity index (χ1v) is 5.53. The normalized spacial score (nSPS) is 12.2. The molecule has 0 spiro atoms. The van der Waals surface area contributed by atoms with E-state index >= 15 is 0 Å². The largest absolute Gasteiger partial charge is 0.595 e. The molecule has 2 aromatic heterocycles. The molecule has 2 rings (SSSR count). The van der Waals surface area contributed by atoms with Gasteiger partial charge in [0, 0.05) is 11.8 Å². The molecule has 1 atom stereocenters. The van der Waals surface area contributed by atoms with Crippen molar-refractivity contribution < 1.29 is 10.4 Å². The number of halogens is 1. The van der Waals surface area contributed by atoms with E-state index < -0.39 is 5.23 Å². The number of aromatic nitrogens is 2. The Labute approximate surface area is 108 Å². The molecule has 0 aliphatic carbocycles. The summed E-state index contributed by atoms with van der Waals surface area (Å²) in [5.41, 5.74) is 1.46. The highest BCUT2D eigenvalue weighted by Crippen LogP contribution is 2.21. The van der Waals surface area contributed by atoms with Crippen LogP contribution in [0.3, 0.4) is 0 Å². The summed E-state index contributed by atoms with van der Waals surface area (Å²) in [6, 6.07) is 6.47. The molecule has 1 unspecified atom stereocenters. The SMILES string of the molecule is Cc1ccc([NH+]([O-])O)c(Nc2ccc(Cl)nc2)n1. The van der Waals surface area contributed by atoms with Crippen LogP contribution in [0.5, 0.6) is 0 Å². The van der Waals surface area contributed by atoms with Gasteiger partial charge in [0.2, 0.25) is 5.69 Å². The topological polar surface area (TPSA) is 85.5 Å². The first kappa shape index (κ1) is 12.7. The quantitative estimate of drug-likeness (QED) is 0.580. The van der Waals surface area contributed by atoms with E-state index in [-0.39, 0.29) is 11.5 Å². The maximum absolute atomic E-state index is 11.1. The van der Waals surface area contributed by atoms with Crippen molar-refractivity contribution in [3.05, 3.63) is 46.5 Å². The summed E-state index contributed by atoms with van der Waals surface area (Å²) in [4.78, 5) is 8.06. The maximum Gasteiger partial charge on any atom is 0.206 e. The van der Waals surface area contributed by atoms with Crippen LogP contribution in [0.1, 0.15) is 5.69 Å². The van der Waals surface area contributed by atoms with Gasteiger partial charge in [0.05, 0.1) is 11.9 Å². The molecule has 3 N–H and O–H groups in total. The molecule has 0 saturated carbocycles. The zero-order valence-corrected chi connectivity index (χ0v) is 10.3. The smallest absolute Gasteiger partial charge is 0.206 e. The zero-order valence-electron chi connectivity index (χ0n) is 9.51. The van der Waals surface area contributed by atoms with E-state index in [1.165, 1.54) is 12.3 Å². The summed E-state index contributed by atoms with van der Waals surface area (Å²) in [5, 5.41) is 22.4. The van der Waals surface area contributed by atoms with Crippen LogP contribution < -0.4 is 10.5 Å². The first-order chi connectivity index (χ1) is 8.56. The number of aryl methyl sites for hydroxylation is 1. The fourth-order valence-corrected chi connectivity index (χ4v) is 1.52. The van der Waals surface area contributed by atoms with E-state index in [0.29, 0.717) is 10.8 Å². The third-order valence-electron chi connectivity index (χ3n) is 2.26. The highest BCUT2D eigenvalue weighted by molar-refractivity contribution is 6.29. The van der Waals surface area contributed by atoms with Crippen LogP contribution in [0.2, 0.25) is 5.15 Å². The van der Waals surface area contributed by atoms with Gasteiger partial charge in [0.1, 0.15) is 5.15 Å². The minimum absolute atomic E-state index is 0.107. The van der Waals surface area contributed by atoms with Crippen LogP contribution in [0.25, 0.3) is 0 Å². The summed E-state index contributed by atoms with van der Waals surface area (Å²) in [6.45, 7) is 1.79. The van der Waals surface area contributed by atoms with Gasteiger partial charge in [-0.15, -0.1) is 0 Å². The Kier molecular flexibility index (Phi) is 3.73. The van der Waals surface area contributed by atoms with E-state index in [9.17, 15) is 5.21 Å². The van der Waals surface area contributed by atoms with Gasteiger partial charge in [0.15, 0.2) is 5.82 Å². The molecule has 0 saturated heterocycles. The number of rotatable bonds is 3. The van der Waals surface area contributed by atoms with Crippen LogP contribution in [-0.4, -0.2) is 15.2 Å². The van der Waals surface area contributed by atoms with Gasteiger partial charge < -0.3 is 10.5 Å². The molecule has 0 radical (unpaired) electrons. The molecule has 0 aromatic carbocycles. The van der Waals surface area contributed by atoms with Crippen molar-refractivity contribution in [2.75, 3.05) is 5.32 Å². The Balaban J connectivity index is 2.32. The molecule has 2 aromatic rings. The molecule has 2 heterocycles. The Bertz CT molecular complexity index is 545. The van der Waals surface area contributed by atoms with Crippen molar-refractivity contribution in [3.8, 4) is 0 Å².